The molecule has 0 amide bonds. The number of hydrogen-bond donors (Lipinski definition) is 3. The highest BCUT2D eigenvalue weighted by molar-refractivity contribution is 7.89. The number of hydrogen-bond acceptors (Lipinski definition) is 3. The maximum atomic E-state index is 12.1. The summed E-state index contributed by atoms with van der Waals surface area (Å²) in [5, 5.41) is -0.131. The minimum absolute atomic E-state index is 0.130. The molecule has 0 aliphatic carbocycles. The second-order valence-electron chi connectivity index (χ2n) is 5.33. The van der Waals surface area contributed by atoms with Gasteiger partial charge >= 0.3 is 0 Å². The Kier molecular flexibility index (Phi) is 4.54. The lowest BCUT2D eigenvalue weighted by Crippen LogP contribution is -2.44. The fourth-order valence-corrected chi connectivity index (χ4v) is 2.77. The molecule has 1 aromatic rings. The molecule has 106 valence electrons. The maximum Gasteiger partial charge on any atom is 0.257 e. The van der Waals surface area contributed by atoms with Crippen LogP contribution >= 0.6 is 12.2 Å². The van der Waals surface area contributed by atoms with Gasteiger partial charge in [-0.25, -0.2) is 8.42 Å². The molecule has 0 atom stereocenters. The van der Waals surface area contributed by atoms with Gasteiger partial charge in [0.2, 0.25) is 0 Å². The largest absolute Gasteiger partial charge is 0.375 e. The summed E-state index contributed by atoms with van der Waals surface area (Å²) in [4.78, 5) is 2.36. The van der Waals surface area contributed by atoms with Gasteiger partial charge in [0, 0.05) is 0 Å². The Hall–Kier alpha value is -1.18. The van der Waals surface area contributed by atoms with Crippen LogP contribution in [0.3, 0.4) is 0 Å². The van der Waals surface area contributed by atoms with E-state index in [9.17, 15) is 8.42 Å². The number of nitrogens with two attached hydrogens (primary N) is 1. The SMILES string of the molecule is Cc1ccc(C(C)(C)C)cc1S(=O)(=O)NNC(N)=S. The van der Waals surface area contributed by atoms with Crippen LogP contribution in [-0.4, -0.2) is 13.5 Å². The number of nitrogens with one attached hydrogen (secondary N) is 2. The third-order valence-corrected chi connectivity index (χ3v) is 4.14. The van der Waals surface area contributed by atoms with E-state index in [0.717, 1.165) is 5.56 Å². The molecule has 7 heteroatoms. The zero-order chi connectivity index (χ0) is 14.8. The third-order valence-electron chi connectivity index (χ3n) is 2.65. The van der Waals surface area contributed by atoms with Crippen LogP contribution in [-0.2, 0) is 15.4 Å². The number of thiocarbonyl (C=S) groups is 1. The van der Waals surface area contributed by atoms with Crippen molar-refractivity contribution in [2.75, 3.05) is 0 Å². The van der Waals surface area contributed by atoms with Crippen LogP contribution in [0.25, 0.3) is 0 Å². The van der Waals surface area contributed by atoms with Crippen molar-refractivity contribution in [3.8, 4) is 0 Å². The number of hydrazine groups is 1. The molecule has 0 saturated carbocycles. The smallest absolute Gasteiger partial charge is 0.257 e. The molecular weight excluding hydrogens is 282 g/mol. The summed E-state index contributed by atoms with van der Waals surface area (Å²) in [5.74, 6) is 0. The molecule has 0 radical (unpaired) electrons. The van der Waals surface area contributed by atoms with Crippen LogP contribution in [0, 0.1) is 6.92 Å². The number of rotatable bonds is 3. The Morgan fingerprint density at radius 1 is 1.32 bits per heavy atom. The minimum Gasteiger partial charge on any atom is -0.375 e. The molecule has 4 N–H and O–H groups in total. The summed E-state index contributed by atoms with van der Waals surface area (Å²) >= 11 is 4.57. The van der Waals surface area contributed by atoms with Crippen molar-refractivity contribution in [1.82, 2.24) is 10.3 Å². The predicted octanol–water partition coefficient (Wildman–Crippen LogP) is 1.32. The highest BCUT2D eigenvalue weighted by Gasteiger charge is 2.21. The van der Waals surface area contributed by atoms with Gasteiger partial charge in [0.05, 0.1) is 4.90 Å². The van der Waals surface area contributed by atoms with Gasteiger partial charge in [-0.3, -0.25) is 5.43 Å². The Bertz CT molecular complexity index is 589. The van der Waals surface area contributed by atoms with Crippen molar-refractivity contribution < 1.29 is 8.42 Å². The monoisotopic (exact) mass is 301 g/mol. The van der Waals surface area contributed by atoms with E-state index in [1.54, 1.807) is 19.1 Å². The van der Waals surface area contributed by atoms with Crippen LogP contribution < -0.4 is 16.0 Å². The summed E-state index contributed by atoms with van der Waals surface area (Å²) in [6.45, 7) is 7.81. The van der Waals surface area contributed by atoms with Crippen LogP contribution in [0.1, 0.15) is 31.9 Å². The molecule has 0 spiro atoms. The Balaban J connectivity index is 3.22. The van der Waals surface area contributed by atoms with Crippen molar-refractivity contribution in [2.24, 2.45) is 5.73 Å². The van der Waals surface area contributed by atoms with Crippen molar-refractivity contribution in [3.63, 3.8) is 0 Å². The number of aryl methyl sites for hydroxylation is 1. The van der Waals surface area contributed by atoms with Gasteiger partial charge in [0.25, 0.3) is 10.0 Å². The Morgan fingerprint density at radius 2 is 1.89 bits per heavy atom. The first-order chi connectivity index (χ1) is 8.54. The molecule has 0 heterocycles. The molecule has 19 heavy (non-hydrogen) atoms. The average Bonchev–Trinajstić information content (AvgIpc) is 2.25. The summed E-state index contributed by atoms with van der Waals surface area (Å²) in [7, 11) is -3.70. The number of sulfonamides is 1. The van der Waals surface area contributed by atoms with E-state index in [2.05, 4.69) is 22.5 Å². The lowest BCUT2D eigenvalue weighted by Gasteiger charge is -2.21. The van der Waals surface area contributed by atoms with E-state index in [4.69, 9.17) is 5.73 Å². The Morgan fingerprint density at radius 3 is 2.37 bits per heavy atom. The van der Waals surface area contributed by atoms with Gasteiger partial charge in [-0.15, -0.1) is 4.83 Å². The molecule has 5 nitrogen and oxygen atoms in total. The van der Waals surface area contributed by atoms with Gasteiger partial charge in [-0.05, 0) is 41.7 Å². The molecular formula is C12H19N3O2S2. The van der Waals surface area contributed by atoms with Crippen LogP contribution in [0.4, 0.5) is 0 Å². The van der Waals surface area contributed by atoms with E-state index in [1.807, 2.05) is 26.8 Å². The lowest BCUT2D eigenvalue weighted by molar-refractivity contribution is 0.572. The predicted molar refractivity (Wildman–Crippen MR) is 80.1 cm³/mol. The molecule has 1 aromatic carbocycles. The molecule has 0 saturated heterocycles. The molecule has 0 aliphatic heterocycles. The molecule has 0 aliphatic rings. The first kappa shape index (κ1) is 15.9. The van der Waals surface area contributed by atoms with Crippen LogP contribution in [0.15, 0.2) is 23.1 Å². The topological polar surface area (TPSA) is 84.2 Å². The lowest BCUT2D eigenvalue weighted by atomic mass is 9.87. The summed E-state index contributed by atoms with van der Waals surface area (Å²) in [6, 6.07) is 5.38. The Labute approximate surface area is 119 Å². The van der Waals surface area contributed by atoms with Crippen molar-refractivity contribution in [1.29, 1.82) is 0 Å². The molecule has 0 fully saturated rings. The van der Waals surface area contributed by atoms with Crippen LogP contribution in [0.5, 0.6) is 0 Å². The fraction of sp³-hybridized carbons (Fsp3) is 0.417. The third kappa shape index (κ3) is 4.15. The van der Waals surface area contributed by atoms with Crippen molar-refractivity contribution >= 4 is 27.4 Å². The second-order valence-corrected chi connectivity index (χ2v) is 7.42. The first-order valence-corrected chi connectivity index (χ1v) is 7.61. The van der Waals surface area contributed by atoms with Gasteiger partial charge in [-0.1, -0.05) is 32.9 Å². The van der Waals surface area contributed by atoms with E-state index in [1.165, 1.54) is 0 Å². The highest BCUT2D eigenvalue weighted by Crippen LogP contribution is 2.26. The zero-order valence-electron chi connectivity index (χ0n) is 11.4. The first-order valence-electron chi connectivity index (χ1n) is 5.72. The van der Waals surface area contributed by atoms with Crippen molar-refractivity contribution in [2.45, 2.75) is 38.0 Å². The van der Waals surface area contributed by atoms with Gasteiger partial charge < -0.3 is 5.73 Å². The van der Waals surface area contributed by atoms with Crippen molar-refractivity contribution in [3.05, 3.63) is 29.3 Å². The van der Waals surface area contributed by atoms with Gasteiger partial charge in [0.1, 0.15) is 0 Å². The van der Waals surface area contributed by atoms with Gasteiger partial charge in [-0.2, -0.15) is 0 Å². The molecule has 0 bridgehead atoms. The number of benzene rings is 1. The summed E-state index contributed by atoms with van der Waals surface area (Å²) in [5.41, 5.74) is 8.92. The summed E-state index contributed by atoms with van der Waals surface area (Å²) in [6.07, 6.45) is 0. The highest BCUT2D eigenvalue weighted by atomic mass is 32.2. The maximum absolute atomic E-state index is 12.1. The van der Waals surface area contributed by atoms with E-state index < -0.39 is 10.0 Å². The standard InChI is InChI=1S/C12H19N3O2S2/c1-8-5-6-9(12(2,3)4)7-10(8)19(16,17)15-14-11(13)18/h5-7,15H,1-4H3,(H3,13,14,18). The molecule has 1 rings (SSSR count). The quantitative estimate of drug-likeness (QED) is 0.579. The van der Waals surface area contributed by atoms with E-state index in [0.29, 0.717) is 5.56 Å². The second kappa shape index (κ2) is 5.44. The fourth-order valence-electron chi connectivity index (χ4n) is 1.53. The minimum atomic E-state index is -3.70. The van der Waals surface area contributed by atoms with E-state index >= 15 is 0 Å². The zero-order valence-corrected chi connectivity index (χ0v) is 13.1. The molecule has 0 aromatic heterocycles. The average molecular weight is 301 g/mol. The van der Waals surface area contributed by atoms with Crippen LogP contribution in [0.2, 0.25) is 0 Å². The summed E-state index contributed by atoms with van der Waals surface area (Å²) < 4.78 is 24.3. The van der Waals surface area contributed by atoms with E-state index in [-0.39, 0.29) is 15.4 Å². The normalized spacial score (nSPS) is 12.2. The van der Waals surface area contributed by atoms with Gasteiger partial charge in [0.15, 0.2) is 5.11 Å². The molecule has 0 unspecified atom stereocenters.